The second-order valence-electron chi connectivity index (χ2n) is 4.09. The molecule has 1 atom stereocenters. The van der Waals surface area contributed by atoms with Crippen molar-refractivity contribution in [1.82, 2.24) is 4.98 Å². The first-order valence-corrected chi connectivity index (χ1v) is 5.53. The van der Waals surface area contributed by atoms with Crippen molar-refractivity contribution in [2.24, 2.45) is 5.73 Å². The van der Waals surface area contributed by atoms with Crippen LogP contribution in [-0.2, 0) is 6.18 Å². The Kier molecular flexibility index (Phi) is 3.71. The summed E-state index contributed by atoms with van der Waals surface area (Å²) in [7, 11) is 0. The van der Waals surface area contributed by atoms with E-state index in [4.69, 9.17) is 5.73 Å². The molecule has 1 unspecified atom stereocenters. The van der Waals surface area contributed by atoms with Crippen molar-refractivity contribution < 1.29 is 22.0 Å². The molecule has 0 saturated carbocycles. The van der Waals surface area contributed by atoms with Crippen molar-refractivity contribution in [2.45, 2.75) is 12.2 Å². The molecule has 1 aromatic heterocycles. The lowest BCUT2D eigenvalue weighted by Crippen LogP contribution is -2.17. The highest BCUT2D eigenvalue weighted by molar-refractivity contribution is 5.32. The zero-order valence-electron chi connectivity index (χ0n) is 9.96. The Morgan fingerprint density at radius 1 is 1.05 bits per heavy atom. The minimum Gasteiger partial charge on any atom is -0.319 e. The summed E-state index contributed by atoms with van der Waals surface area (Å²) >= 11 is 0. The van der Waals surface area contributed by atoms with Gasteiger partial charge in [-0.3, -0.25) is 4.98 Å². The van der Waals surface area contributed by atoms with Gasteiger partial charge in [-0.2, -0.15) is 13.2 Å². The monoisotopic (exact) mass is 288 g/mol. The van der Waals surface area contributed by atoms with Gasteiger partial charge >= 0.3 is 6.18 Å². The van der Waals surface area contributed by atoms with Gasteiger partial charge in [0.25, 0.3) is 0 Å². The SMILES string of the molecule is NC(c1ccc(C(F)(F)F)c(F)c1)c1ncccc1F. The molecule has 0 amide bonds. The van der Waals surface area contributed by atoms with E-state index in [9.17, 15) is 22.0 Å². The van der Waals surface area contributed by atoms with Crippen LogP contribution in [0.2, 0.25) is 0 Å². The van der Waals surface area contributed by atoms with E-state index in [0.717, 1.165) is 12.1 Å². The molecule has 0 fully saturated rings. The molecule has 1 heterocycles. The van der Waals surface area contributed by atoms with Gasteiger partial charge in [0.1, 0.15) is 11.6 Å². The predicted octanol–water partition coefficient (Wildman–Crippen LogP) is 3.43. The van der Waals surface area contributed by atoms with Gasteiger partial charge in [0.2, 0.25) is 0 Å². The summed E-state index contributed by atoms with van der Waals surface area (Å²) in [4.78, 5) is 3.71. The highest BCUT2D eigenvalue weighted by atomic mass is 19.4. The maximum absolute atomic E-state index is 13.5. The fourth-order valence-corrected chi connectivity index (χ4v) is 1.74. The number of hydrogen-bond donors (Lipinski definition) is 1. The number of nitrogens with two attached hydrogens (primary N) is 1. The molecule has 2 nitrogen and oxygen atoms in total. The highest BCUT2D eigenvalue weighted by Crippen LogP contribution is 2.32. The quantitative estimate of drug-likeness (QED) is 0.860. The zero-order chi connectivity index (χ0) is 14.9. The molecule has 2 rings (SSSR count). The van der Waals surface area contributed by atoms with Crippen LogP contribution < -0.4 is 5.73 Å². The van der Waals surface area contributed by atoms with Crippen molar-refractivity contribution in [1.29, 1.82) is 0 Å². The summed E-state index contributed by atoms with van der Waals surface area (Å²) in [5.41, 5.74) is 4.15. The van der Waals surface area contributed by atoms with Gasteiger partial charge in [0.15, 0.2) is 0 Å². The summed E-state index contributed by atoms with van der Waals surface area (Å²) in [5, 5.41) is 0. The third-order valence-corrected chi connectivity index (χ3v) is 2.74. The Bertz CT molecular complexity index is 624. The fraction of sp³-hybridized carbons (Fsp3) is 0.154. The molecular formula is C13H9F5N2. The summed E-state index contributed by atoms with van der Waals surface area (Å²) in [6.07, 6.45) is -3.50. The minimum atomic E-state index is -4.79. The van der Waals surface area contributed by atoms with Gasteiger partial charge in [-0.05, 0) is 29.8 Å². The molecule has 0 radical (unpaired) electrons. The molecule has 0 aliphatic rings. The van der Waals surface area contributed by atoms with Crippen molar-refractivity contribution in [2.75, 3.05) is 0 Å². The molecule has 0 spiro atoms. The van der Waals surface area contributed by atoms with Crippen LogP contribution in [0.1, 0.15) is 22.9 Å². The normalized spacial score (nSPS) is 13.3. The maximum Gasteiger partial charge on any atom is 0.419 e. The van der Waals surface area contributed by atoms with Gasteiger partial charge in [-0.25, -0.2) is 8.78 Å². The average Bonchev–Trinajstić information content (AvgIpc) is 2.37. The molecule has 2 aromatic rings. The number of alkyl halides is 3. The van der Waals surface area contributed by atoms with Crippen molar-refractivity contribution >= 4 is 0 Å². The lowest BCUT2D eigenvalue weighted by molar-refractivity contribution is -0.140. The molecular weight excluding hydrogens is 279 g/mol. The highest BCUT2D eigenvalue weighted by Gasteiger charge is 2.34. The Balaban J connectivity index is 2.40. The summed E-state index contributed by atoms with van der Waals surface area (Å²) in [5.74, 6) is -2.16. The zero-order valence-corrected chi connectivity index (χ0v) is 9.96. The van der Waals surface area contributed by atoms with Gasteiger partial charge in [0.05, 0.1) is 17.3 Å². The number of rotatable bonds is 2. The third-order valence-electron chi connectivity index (χ3n) is 2.74. The number of aromatic nitrogens is 1. The average molecular weight is 288 g/mol. The van der Waals surface area contributed by atoms with Gasteiger partial charge in [0, 0.05) is 6.20 Å². The molecule has 0 saturated heterocycles. The molecule has 1 aromatic carbocycles. The first kappa shape index (κ1) is 14.4. The topological polar surface area (TPSA) is 38.9 Å². The van der Waals surface area contributed by atoms with E-state index in [1.165, 1.54) is 12.3 Å². The Morgan fingerprint density at radius 2 is 1.75 bits per heavy atom. The Morgan fingerprint density at radius 3 is 2.30 bits per heavy atom. The van der Waals surface area contributed by atoms with E-state index < -0.39 is 29.4 Å². The smallest absolute Gasteiger partial charge is 0.319 e. The van der Waals surface area contributed by atoms with Gasteiger partial charge in [-0.1, -0.05) is 6.07 Å². The van der Waals surface area contributed by atoms with Crippen LogP contribution in [0, 0.1) is 11.6 Å². The van der Waals surface area contributed by atoms with Crippen LogP contribution in [0.5, 0.6) is 0 Å². The molecule has 2 N–H and O–H groups in total. The van der Waals surface area contributed by atoms with E-state index in [-0.39, 0.29) is 11.3 Å². The lowest BCUT2D eigenvalue weighted by Gasteiger charge is -2.14. The van der Waals surface area contributed by atoms with Crippen LogP contribution in [0.4, 0.5) is 22.0 Å². The van der Waals surface area contributed by atoms with E-state index in [0.29, 0.717) is 12.1 Å². The molecule has 0 bridgehead atoms. The van der Waals surface area contributed by atoms with Crippen LogP contribution in [0.3, 0.4) is 0 Å². The first-order chi connectivity index (χ1) is 9.30. The fourth-order valence-electron chi connectivity index (χ4n) is 1.74. The van der Waals surface area contributed by atoms with Crippen molar-refractivity contribution in [3.63, 3.8) is 0 Å². The molecule has 106 valence electrons. The second kappa shape index (κ2) is 5.16. The van der Waals surface area contributed by atoms with E-state index in [1.807, 2.05) is 0 Å². The van der Waals surface area contributed by atoms with E-state index in [2.05, 4.69) is 4.98 Å². The largest absolute Gasteiger partial charge is 0.419 e. The Hall–Kier alpha value is -2.02. The van der Waals surface area contributed by atoms with Crippen LogP contribution in [0.25, 0.3) is 0 Å². The summed E-state index contributed by atoms with van der Waals surface area (Å²) in [6.45, 7) is 0. The Labute approximate surface area is 111 Å². The van der Waals surface area contributed by atoms with Crippen molar-refractivity contribution in [3.8, 4) is 0 Å². The van der Waals surface area contributed by atoms with Gasteiger partial charge < -0.3 is 5.73 Å². The lowest BCUT2D eigenvalue weighted by atomic mass is 10.0. The molecule has 7 heteroatoms. The maximum atomic E-state index is 13.5. The van der Waals surface area contributed by atoms with Crippen molar-refractivity contribution in [3.05, 3.63) is 65.0 Å². The summed E-state index contributed by atoms with van der Waals surface area (Å²) < 4.78 is 64.2. The number of halogens is 5. The molecule has 0 aliphatic heterocycles. The van der Waals surface area contributed by atoms with E-state index >= 15 is 0 Å². The molecule has 20 heavy (non-hydrogen) atoms. The summed E-state index contributed by atoms with van der Waals surface area (Å²) in [6, 6.07) is 3.53. The number of nitrogens with zero attached hydrogens (tertiary/aromatic N) is 1. The number of benzene rings is 1. The standard InChI is InChI=1S/C13H9F5N2/c14-9-2-1-5-20-12(9)11(19)7-3-4-8(10(15)6-7)13(16,17)18/h1-6,11H,19H2. The van der Waals surface area contributed by atoms with Crippen LogP contribution in [0.15, 0.2) is 36.5 Å². The van der Waals surface area contributed by atoms with Crippen LogP contribution >= 0.6 is 0 Å². The van der Waals surface area contributed by atoms with Gasteiger partial charge in [-0.15, -0.1) is 0 Å². The molecule has 0 aliphatic carbocycles. The number of hydrogen-bond acceptors (Lipinski definition) is 2. The predicted molar refractivity (Wildman–Crippen MR) is 61.6 cm³/mol. The first-order valence-electron chi connectivity index (χ1n) is 5.53. The number of pyridine rings is 1. The van der Waals surface area contributed by atoms with E-state index in [1.54, 1.807) is 0 Å². The third kappa shape index (κ3) is 2.77. The second-order valence-corrected chi connectivity index (χ2v) is 4.09. The van der Waals surface area contributed by atoms with Crippen LogP contribution in [-0.4, -0.2) is 4.98 Å². The minimum absolute atomic E-state index is 0.00750.